The fourth-order valence-electron chi connectivity index (χ4n) is 2.17. The van der Waals surface area contributed by atoms with Crippen LogP contribution in [0.4, 0.5) is 32.3 Å². The Kier molecular flexibility index (Phi) is 12.0. The van der Waals surface area contributed by atoms with E-state index in [2.05, 4.69) is 9.50 Å². The number of hydrazone groups is 1. The molecular formula is C23H39F3N6O10S. The number of hydrogen-bond donors (Lipinski definition) is 2. The molecule has 0 fully saturated rings. The lowest BCUT2D eigenvalue weighted by Gasteiger charge is -2.29. The normalized spacial score (nSPS) is 13.9. The molecule has 16 nitrogen and oxygen atoms in total. The third-order valence-electron chi connectivity index (χ3n) is 3.51. The number of rotatable bonds is 2. The Bertz CT molecular complexity index is 1180. The second-order valence-electron chi connectivity index (χ2n) is 12.5. The van der Waals surface area contributed by atoms with E-state index in [1.807, 2.05) is 0 Å². The number of imide groups is 2. The molecule has 0 bridgehead atoms. The molecule has 0 saturated carbocycles. The van der Waals surface area contributed by atoms with Crippen molar-refractivity contribution < 1.29 is 59.7 Å². The number of amides is 4. The van der Waals surface area contributed by atoms with E-state index in [9.17, 15) is 40.8 Å². The highest BCUT2D eigenvalue weighted by Crippen LogP contribution is 2.25. The van der Waals surface area contributed by atoms with Crippen molar-refractivity contribution in [1.29, 1.82) is 0 Å². The number of ether oxygens (including phenoxy) is 4. The molecule has 0 aromatic heterocycles. The predicted octanol–water partition coefficient (Wildman–Crippen LogP) is 4.36. The van der Waals surface area contributed by atoms with Crippen LogP contribution in [0.2, 0.25) is 0 Å². The minimum atomic E-state index is -6.48. The van der Waals surface area contributed by atoms with Gasteiger partial charge in [-0.25, -0.2) is 24.6 Å². The molecule has 0 aliphatic carbocycles. The molecule has 248 valence electrons. The number of halogens is 3. The Morgan fingerprint density at radius 2 is 0.907 bits per heavy atom. The number of sulfonamides is 1. The monoisotopic (exact) mass is 648 g/mol. The maximum Gasteiger partial charge on any atom is 0.518 e. The quantitative estimate of drug-likeness (QED) is 0.185. The Hall–Kier alpha value is -3.84. The molecule has 4 amide bonds. The van der Waals surface area contributed by atoms with Gasteiger partial charge in [0.05, 0.1) is 0 Å². The van der Waals surface area contributed by atoms with Gasteiger partial charge in [-0.15, -0.1) is 19.3 Å². The van der Waals surface area contributed by atoms with Crippen LogP contribution < -0.4 is 11.2 Å². The first-order valence-electron chi connectivity index (χ1n) is 12.3. The van der Waals surface area contributed by atoms with Crippen molar-refractivity contribution in [3.8, 4) is 0 Å². The largest absolute Gasteiger partial charge is 0.518 e. The first kappa shape index (κ1) is 39.2. The Balaban J connectivity index is 7.26. The van der Waals surface area contributed by atoms with E-state index in [1.54, 1.807) is 5.43 Å². The van der Waals surface area contributed by atoms with E-state index in [0.29, 0.717) is 0 Å². The number of alkyl halides is 3. The molecule has 0 aromatic carbocycles. The third kappa shape index (κ3) is 14.3. The zero-order valence-corrected chi connectivity index (χ0v) is 26.8. The second kappa shape index (κ2) is 13.2. The smallest absolute Gasteiger partial charge is 0.443 e. The Labute approximate surface area is 247 Å². The molecule has 0 unspecified atom stereocenters. The van der Waals surface area contributed by atoms with Gasteiger partial charge in [-0.3, -0.25) is 0 Å². The van der Waals surface area contributed by atoms with Crippen LogP contribution in [0.5, 0.6) is 0 Å². The minimum absolute atomic E-state index is 0.00463. The van der Waals surface area contributed by atoms with E-state index in [0.717, 1.165) is 0 Å². The van der Waals surface area contributed by atoms with Crippen molar-refractivity contribution in [3.05, 3.63) is 0 Å². The van der Waals surface area contributed by atoms with Gasteiger partial charge in [0.1, 0.15) is 22.4 Å². The number of nitrogens with two attached hydrogens (primary N) is 1. The van der Waals surface area contributed by atoms with Gasteiger partial charge in [0.2, 0.25) is 5.96 Å². The van der Waals surface area contributed by atoms with Gasteiger partial charge in [0.15, 0.2) is 0 Å². The van der Waals surface area contributed by atoms with E-state index >= 15 is 0 Å². The minimum Gasteiger partial charge on any atom is -0.443 e. The molecule has 3 N–H and O–H groups in total. The number of nitrogens with zero attached hydrogens (tertiary/aromatic N) is 4. The SMILES string of the molecule is CC(C)(C)OC(=O)N(C(=O)OC(C)(C)C)C(N)=NNC(=NS(=O)(=O)C(F)(F)F)N(C(=O)OC(C)(C)C)C(=O)OC(C)(C)C. The van der Waals surface area contributed by atoms with Crippen molar-refractivity contribution in [3.63, 3.8) is 0 Å². The van der Waals surface area contributed by atoms with E-state index in [-0.39, 0.29) is 9.80 Å². The van der Waals surface area contributed by atoms with Gasteiger partial charge in [-0.2, -0.15) is 21.6 Å². The highest BCUT2D eigenvalue weighted by Gasteiger charge is 2.48. The molecule has 0 aliphatic rings. The van der Waals surface area contributed by atoms with Crippen molar-refractivity contribution in [1.82, 2.24) is 15.2 Å². The first-order chi connectivity index (χ1) is 18.8. The molecule has 0 atom stereocenters. The summed E-state index contributed by atoms with van der Waals surface area (Å²) < 4.78 is 86.5. The highest BCUT2D eigenvalue weighted by molar-refractivity contribution is 7.91. The van der Waals surface area contributed by atoms with Crippen LogP contribution in [-0.2, 0) is 29.0 Å². The van der Waals surface area contributed by atoms with Crippen LogP contribution >= 0.6 is 0 Å². The Morgan fingerprint density at radius 1 is 0.628 bits per heavy atom. The maximum absolute atomic E-state index is 13.3. The Morgan fingerprint density at radius 3 is 1.16 bits per heavy atom. The van der Waals surface area contributed by atoms with Crippen LogP contribution in [-0.4, -0.2) is 82.4 Å². The van der Waals surface area contributed by atoms with Gasteiger partial charge >= 0.3 is 39.9 Å². The van der Waals surface area contributed by atoms with Crippen LogP contribution in [0.1, 0.15) is 83.1 Å². The summed E-state index contributed by atoms with van der Waals surface area (Å²) in [6, 6.07) is 0. The molecule has 43 heavy (non-hydrogen) atoms. The number of carbonyl (C=O) groups excluding carboxylic acids is 4. The van der Waals surface area contributed by atoms with Crippen LogP contribution in [0.25, 0.3) is 0 Å². The summed E-state index contributed by atoms with van der Waals surface area (Å²) in [4.78, 5) is 51.1. The molecule has 0 spiro atoms. The van der Waals surface area contributed by atoms with E-state index in [4.69, 9.17) is 24.7 Å². The summed E-state index contributed by atoms with van der Waals surface area (Å²) in [5.74, 6) is -2.95. The fraction of sp³-hybridized carbons (Fsp3) is 0.739. The number of guanidine groups is 2. The zero-order chi connectivity index (χ0) is 34.6. The van der Waals surface area contributed by atoms with Crippen LogP contribution in [0.3, 0.4) is 0 Å². The third-order valence-corrected chi connectivity index (χ3v) is 4.51. The van der Waals surface area contributed by atoms with Crippen molar-refractivity contribution in [2.24, 2.45) is 15.2 Å². The lowest BCUT2D eigenvalue weighted by atomic mass is 10.2. The number of carbonyl (C=O) groups is 4. The topological polar surface area (TPSA) is 209 Å². The van der Waals surface area contributed by atoms with Gasteiger partial charge in [0.25, 0.3) is 5.96 Å². The van der Waals surface area contributed by atoms with Gasteiger partial charge in [-0.1, -0.05) is 0 Å². The molecule has 20 heteroatoms. The maximum atomic E-state index is 13.3. The zero-order valence-electron chi connectivity index (χ0n) is 26.0. The molecule has 0 saturated heterocycles. The number of hydrogen-bond acceptors (Lipinski definition) is 11. The summed E-state index contributed by atoms with van der Waals surface area (Å²) in [5.41, 5.74) is -3.85. The van der Waals surface area contributed by atoms with Crippen molar-refractivity contribution >= 4 is 46.3 Å². The average molecular weight is 649 g/mol. The summed E-state index contributed by atoms with van der Waals surface area (Å²) in [6.07, 6.45) is -6.45. The molecular weight excluding hydrogens is 609 g/mol. The second-order valence-corrected chi connectivity index (χ2v) is 14.1. The molecule has 0 aromatic rings. The summed E-state index contributed by atoms with van der Waals surface area (Å²) >= 11 is 0. The predicted molar refractivity (Wildman–Crippen MR) is 146 cm³/mol. The number of nitrogens with one attached hydrogen (secondary N) is 1. The lowest BCUT2D eigenvalue weighted by Crippen LogP contribution is -2.53. The standard InChI is InChI=1S/C23H39F3N6O10S/c1-19(2,3)39-15(33)31(16(34)40-20(4,5)6)13(27)28-29-14(30-43(37,38)23(24,25)26)32(17(35)41-21(7,8)9)18(36)42-22(10,11)12/h1-12H3,(H2,27,28)(H,29,30). The lowest BCUT2D eigenvalue weighted by molar-refractivity contribution is -0.0436. The first-order valence-corrected chi connectivity index (χ1v) is 13.7. The van der Waals surface area contributed by atoms with Crippen LogP contribution in [0, 0.1) is 0 Å². The van der Waals surface area contributed by atoms with E-state index < -0.39 is 74.2 Å². The highest BCUT2D eigenvalue weighted by atomic mass is 32.2. The van der Waals surface area contributed by atoms with Gasteiger partial charge in [0, 0.05) is 0 Å². The molecule has 0 radical (unpaired) electrons. The van der Waals surface area contributed by atoms with Gasteiger partial charge in [-0.05, 0) is 83.1 Å². The fourth-order valence-corrected chi connectivity index (χ4v) is 2.63. The summed E-state index contributed by atoms with van der Waals surface area (Å²) in [6.45, 7) is 16.5. The van der Waals surface area contributed by atoms with Crippen molar-refractivity contribution in [2.75, 3.05) is 0 Å². The average Bonchev–Trinajstić information content (AvgIpc) is 2.65. The van der Waals surface area contributed by atoms with Crippen molar-refractivity contribution in [2.45, 2.75) is 111 Å². The van der Waals surface area contributed by atoms with Crippen LogP contribution in [0.15, 0.2) is 9.50 Å². The molecule has 0 rings (SSSR count). The van der Waals surface area contributed by atoms with E-state index in [1.165, 1.54) is 83.1 Å². The summed E-state index contributed by atoms with van der Waals surface area (Å²) in [5, 5.41) is 3.32. The molecule has 0 aliphatic heterocycles. The molecule has 0 heterocycles. The van der Waals surface area contributed by atoms with Gasteiger partial charge < -0.3 is 24.7 Å². The summed E-state index contributed by atoms with van der Waals surface area (Å²) in [7, 11) is -6.48.